The number of esters is 1. The lowest BCUT2D eigenvalue weighted by Gasteiger charge is -2.26. The lowest BCUT2D eigenvalue weighted by Crippen LogP contribution is -2.33. The zero-order chi connectivity index (χ0) is 30.5. The normalized spacial score (nSPS) is 11.8. The highest BCUT2D eigenvalue weighted by Crippen LogP contribution is 2.35. The number of carbonyl (C=O) groups excluding carboxylic acids is 2. The Bertz CT molecular complexity index is 1380. The van der Waals surface area contributed by atoms with Crippen LogP contribution in [0.3, 0.4) is 0 Å². The van der Waals surface area contributed by atoms with E-state index in [-0.39, 0.29) is 36.6 Å². The summed E-state index contributed by atoms with van der Waals surface area (Å²) in [4.78, 5) is 30.3. The zero-order valence-corrected chi connectivity index (χ0v) is 26.1. The zero-order valence-electron chi connectivity index (χ0n) is 26.1. The summed E-state index contributed by atoms with van der Waals surface area (Å²) < 4.78 is 18.4. The van der Waals surface area contributed by atoms with Crippen LogP contribution in [0.25, 0.3) is 11.1 Å². The molecule has 222 valence electrons. The second-order valence-corrected chi connectivity index (χ2v) is 12.5. The van der Waals surface area contributed by atoms with Crippen LogP contribution in [0.2, 0.25) is 0 Å². The number of alkyl carbamates (subject to hydrolysis) is 1. The predicted octanol–water partition coefficient (Wildman–Crippen LogP) is 6.47. The fourth-order valence-corrected chi connectivity index (χ4v) is 4.47. The van der Waals surface area contributed by atoms with Crippen LogP contribution in [0.1, 0.15) is 86.9 Å². The number of aryl methyl sites for hydroxylation is 3. The molecule has 0 spiro atoms. The molecular formula is C32H44N4O5. The number of hydrogen-bond acceptors (Lipinski definition) is 7. The van der Waals surface area contributed by atoms with Crippen LogP contribution in [0.4, 0.5) is 4.79 Å². The smallest absolute Gasteiger partial charge is 0.407 e. The van der Waals surface area contributed by atoms with Crippen molar-refractivity contribution >= 4 is 12.1 Å². The van der Waals surface area contributed by atoms with Gasteiger partial charge in [-0.1, -0.05) is 50.6 Å². The number of hydrogen-bond donors (Lipinski definition) is 1. The SMILES string of the molecule is CCOC(=O)c1cn(C)nc1OCc1c(C)nc(CC(C)(C)C)c(CNC(=O)OC(C)(C)C)c1-c1ccc(C)cc1. The van der Waals surface area contributed by atoms with Gasteiger partial charge in [0.1, 0.15) is 17.8 Å². The molecule has 0 bridgehead atoms. The average Bonchev–Trinajstić information content (AvgIpc) is 3.21. The summed E-state index contributed by atoms with van der Waals surface area (Å²) >= 11 is 0. The minimum absolute atomic E-state index is 0.0504. The van der Waals surface area contributed by atoms with Crippen LogP contribution in [-0.4, -0.2) is 39.0 Å². The Hall–Kier alpha value is -3.88. The third kappa shape index (κ3) is 8.80. The Labute approximate surface area is 243 Å². The van der Waals surface area contributed by atoms with Gasteiger partial charge in [0.2, 0.25) is 5.88 Å². The number of ether oxygens (including phenoxy) is 3. The van der Waals surface area contributed by atoms with Crippen molar-refractivity contribution in [2.75, 3.05) is 6.61 Å². The summed E-state index contributed by atoms with van der Waals surface area (Å²) in [6.07, 6.45) is 1.79. The van der Waals surface area contributed by atoms with E-state index in [1.54, 1.807) is 20.2 Å². The molecule has 3 aromatic rings. The standard InChI is InChI=1S/C32H44N4O5/c1-11-39-29(37)24-18-36(10)35-28(24)40-19-25-21(3)34-26(16-31(4,5)6)23(17-33-30(38)41-32(7,8)9)27(25)22-14-12-20(2)13-15-22/h12-15,18H,11,16-17,19H2,1-10H3,(H,33,38). The molecular weight excluding hydrogens is 520 g/mol. The molecule has 3 rings (SSSR count). The van der Waals surface area contributed by atoms with Crippen molar-refractivity contribution < 1.29 is 23.8 Å². The van der Waals surface area contributed by atoms with E-state index in [0.717, 1.165) is 39.2 Å². The number of nitrogens with one attached hydrogen (secondary N) is 1. The fraction of sp³-hybridized carbons (Fsp3) is 0.500. The van der Waals surface area contributed by atoms with Gasteiger partial charge in [0, 0.05) is 42.3 Å². The van der Waals surface area contributed by atoms with E-state index in [1.807, 2.05) is 34.6 Å². The highest BCUT2D eigenvalue weighted by Gasteiger charge is 2.26. The third-order valence-electron chi connectivity index (χ3n) is 6.18. The number of nitrogens with zero attached hydrogens (tertiary/aromatic N) is 3. The minimum atomic E-state index is -0.623. The van der Waals surface area contributed by atoms with Crippen LogP contribution < -0.4 is 10.1 Å². The largest absolute Gasteiger partial charge is 0.471 e. The van der Waals surface area contributed by atoms with Crippen molar-refractivity contribution in [2.24, 2.45) is 12.5 Å². The number of carbonyl (C=O) groups is 2. The predicted molar refractivity (Wildman–Crippen MR) is 159 cm³/mol. The van der Waals surface area contributed by atoms with Crippen molar-refractivity contribution in [1.29, 1.82) is 0 Å². The van der Waals surface area contributed by atoms with Crippen LogP contribution in [-0.2, 0) is 36.1 Å². The van der Waals surface area contributed by atoms with Gasteiger partial charge in [-0.3, -0.25) is 9.67 Å². The van der Waals surface area contributed by atoms with Crippen molar-refractivity contribution in [1.82, 2.24) is 20.1 Å². The Morgan fingerprint density at radius 3 is 2.24 bits per heavy atom. The van der Waals surface area contributed by atoms with Crippen LogP contribution in [0.5, 0.6) is 5.88 Å². The quantitative estimate of drug-likeness (QED) is 0.297. The van der Waals surface area contributed by atoms with Gasteiger partial charge in [-0.05, 0) is 64.5 Å². The number of amides is 1. The van der Waals surface area contributed by atoms with Crippen molar-refractivity contribution in [3.05, 3.63) is 64.1 Å². The molecule has 9 nitrogen and oxygen atoms in total. The maximum Gasteiger partial charge on any atom is 0.407 e. The van der Waals surface area contributed by atoms with Gasteiger partial charge in [0.15, 0.2) is 0 Å². The molecule has 0 saturated heterocycles. The van der Waals surface area contributed by atoms with Crippen LogP contribution >= 0.6 is 0 Å². The highest BCUT2D eigenvalue weighted by atomic mass is 16.6. The molecule has 0 radical (unpaired) electrons. The van der Waals surface area contributed by atoms with Crippen LogP contribution in [0.15, 0.2) is 30.5 Å². The minimum Gasteiger partial charge on any atom is -0.471 e. The summed E-state index contributed by atoms with van der Waals surface area (Å²) in [5.41, 5.74) is 6.06. The Balaban J connectivity index is 2.15. The first kappa shape index (κ1) is 31.6. The maximum atomic E-state index is 12.7. The van der Waals surface area contributed by atoms with Gasteiger partial charge in [0.25, 0.3) is 0 Å². The van der Waals surface area contributed by atoms with Crippen LogP contribution in [0, 0.1) is 19.3 Å². The molecule has 0 saturated carbocycles. The molecule has 0 atom stereocenters. The highest BCUT2D eigenvalue weighted by molar-refractivity contribution is 5.91. The van der Waals surface area contributed by atoms with E-state index >= 15 is 0 Å². The van der Waals surface area contributed by atoms with E-state index in [2.05, 4.69) is 55.5 Å². The molecule has 2 heterocycles. The summed E-state index contributed by atoms with van der Waals surface area (Å²) in [5.74, 6) is -0.306. The van der Waals surface area contributed by atoms with Gasteiger partial charge in [-0.2, -0.15) is 0 Å². The number of rotatable bonds is 9. The molecule has 41 heavy (non-hydrogen) atoms. The number of pyridine rings is 1. The molecule has 0 unspecified atom stereocenters. The van der Waals surface area contributed by atoms with Crippen molar-refractivity contribution in [2.45, 2.75) is 87.5 Å². The van der Waals surface area contributed by atoms with Gasteiger partial charge in [0.05, 0.1) is 6.61 Å². The second kappa shape index (κ2) is 12.7. The molecule has 1 amide bonds. The Morgan fingerprint density at radius 1 is 1.00 bits per heavy atom. The van der Waals surface area contributed by atoms with E-state index < -0.39 is 17.7 Å². The molecule has 0 aliphatic carbocycles. The molecule has 1 aromatic carbocycles. The van der Waals surface area contributed by atoms with E-state index in [0.29, 0.717) is 6.42 Å². The number of aromatic nitrogens is 3. The monoisotopic (exact) mass is 564 g/mol. The van der Waals surface area contributed by atoms with Crippen molar-refractivity contribution in [3.63, 3.8) is 0 Å². The van der Waals surface area contributed by atoms with Gasteiger partial charge >= 0.3 is 12.1 Å². The molecule has 0 fully saturated rings. The first-order valence-electron chi connectivity index (χ1n) is 14.0. The summed E-state index contributed by atoms with van der Waals surface area (Å²) in [6.45, 7) is 18.3. The second-order valence-electron chi connectivity index (χ2n) is 12.5. The molecule has 9 heteroatoms. The number of benzene rings is 1. The first-order chi connectivity index (χ1) is 19.1. The lowest BCUT2D eigenvalue weighted by molar-refractivity contribution is 0.0512. The topological polar surface area (TPSA) is 105 Å². The molecule has 2 aromatic heterocycles. The maximum absolute atomic E-state index is 12.7. The van der Waals surface area contributed by atoms with Gasteiger partial charge in [-0.25, -0.2) is 9.59 Å². The summed E-state index contributed by atoms with van der Waals surface area (Å²) in [7, 11) is 1.72. The molecule has 0 aliphatic rings. The Kier molecular flexibility index (Phi) is 9.84. The third-order valence-corrected chi connectivity index (χ3v) is 6.18. The molecule has 0 aliphatic heterocycles. The van der Waals surface area contributed by atoms with Crippen molar-refractivity contribution in [3.8, 4) is 17.0 Å². The van der Waals surface area contributed by atoms with E-state index in [4.69, 9.17) is 19.2 Å². The van der Waals surface area contributed by atoms with E-state index in [1.165, 1.54) is 4.68 Å². The van der Waals surface area contributed by atoms with Gasteiger partial charge < -0.3 is 19.5 Å². The lowest BCUT2D eigenvalue weighted by atomic mass is 9.85. The first-order valence-corrected chi connectivity index (χ1v) is 14.0. The molecule has 1 N–H and O–H groups in total. The fourth-order valence-electron chi connectivity index (χ4n) is 4.47. The average molecular weight is 565 g/mol. The summed E-state index contributed by atoms with van der Waals surface area (Å²) in [5, 5.41) is 7.30. The summed E-state index contributed by atoms with van der Waals surface area (Å²) in [6, 6.07) is 8.25. The van der Waals surface area contributed by atoms with Gasteiger partial charge in [-0.15, -0.1) is 5.10 Å². The van der Waals surface area contributed by atoms with E-state index in [9.17, 15) is 9.59 Å². The Morgan fingerprint density at radius 2 is 1.66 bits per heavy atom.